The Kier molecular flexibility index (Phi) is 8.21. The van der Waals surface area contributed by atoms with Crippen molar-refractivity contribution >= 4 is 5.97 Å². The molecule has 0 radical (unpaired) electrons. The molecule has 0 saturated carbocycles. The lowest BCUT2D eigenvalue weighted by molar-refractivity contribution is -0.151. The molecule has 0 aromatic rings. The van der Waals surface area contributed by atoms with E-state index in [1.807, 2.05) is 13.8 Å². The van der Waals surface area contributed by atoms with Crippen LogP contribution in [0.15, 0.2) is 0 Å². The van der Waals surface area contributed by atoms with Crippen LogP contribution in [0.1, 0.15) is 34.1 Å². The summed E-state index contributed by atoms with van der Waals surface area (Å²) in [6.07, 6.45) is 0.414. The van der Waals surface area contributed by atoms with E-state index in [-0.39, 0.29) is 0 Å². The third-order valence-corrected chi connectivity index (χ3v) is 2.78. The van der Waals surface area contributed by atoms with Crippen LogP contribution in [-0.4, -0.2) is 48.3 Å². The van der Waals surface area contributed by atoms with Gasteiger partial charge in [-0.3, -0.25) is 0 Å². The molecule has 16 heavy (non-hydrogen) atoms. The molecule has 0 aromatic heterocycles. The van der Waals surface area contributed by atoms with Gasteiger partial charge in [0.2, 0.25) is 0 Å². The van der Waals surface area contributed by atoms with Crippen molar-refractivity contribution in [3.63, 3.8) is 0 Å². The lowest BCUT2D eigenvalue weighted by atomic mass is 10.1. The smallest absolute Gasteiger partial charge is 0.334 e. The average Bonchev–Trinajstić information content (AvgIpc) is 2.26. The van der Waals surface area contributed by atoms with Gasteiger partial charge in [0.25, 0.3) is 0 Å². The molecule has 0 heterocycles. The summed E-state index contributed by atoms with van der Waals surface area (Å²) >= 11 is 0. The van der Waals surface area contributed by atoms with Crippen LogP contribution in [0.4, 0.5) is 0 Å². The highest BCUT2D eigenvalue weighted by atomic mass is 16.5. The monoisotopic (exact) mass is 231 g/mol. The van der Waals surface area contributed by atoms with E-state index in [0.29, 0.717) is 19.1 Å². The molecular weight excluding hydrogens is 206 g/mol. The maximum Gasteiger partial charge on any atom is 0.334 e. The van der Waals surface area contributed by atoms with E-state index in [9.17, 15) is 4.79 Å². The molecule has 2 unspecified atom stereocenters. The molecule has 0 aliphatic heterocycles. The fourth-order valence-electron chi connectivity index (χ4n) is 1.54. The van der Waals surface area contributed by atoms with Gasteiger partial charge < -0.3 is 14.7 Å². The van der Waals surface area contributed by atoms with Gasteiger partial charge in [0, 0.05) is 19.7 Å². The number of hydrogen-bond donors (Lipinski definition) is 1. The SMILES string of the molecule is CCOC(CN(CC)CC(C)CC)C(=O)O. The van der Waals surface area contributed by atoms with Crippen molar-refractivity contribution in [2.45, 2.75) is 40.2 Å². The zero-order chi connectivity index (χ0) is 12.6. The molecule has 4 nitrogen and oxygen atoms in total. The van der Waals surface area contributed by atoms with Crippen LogP contribution in [0, 0.1) is 5.92 Å². The molecule has 0 aliphatic rings. The van der Waals surface area contributed by atoms with Crippen molar-refractivity contribution < 1.29 is 14.6 Å². The van der Waals surface area contributed by atoms with Crippen LogP contribution in [0.3, 0.4) is 0 Å². The van der Waals surface area contributed by atoms with E-state index in [2.05, 4.69) is 18.7 Å². The lowest BCUT2D eigenvalue weighted by Gasteiger charge is -2.26. The van der Waals surface area contributed by atoms with Crippen molar-refractivity contribution in [2.75, 3.05) is 26.2 Å². The summed E-state index contributed by atoms with van der Waals surface area (Å²) in [6.45, 7) is 10.9. The van der Waals surface area contributed by atoms with Gasteiger partial charge >= 0.3 is 5.97 Å². The number of carboxylic acids is 1. The highest BCUT2D eigenvalue weighted by Gasteiger charge is 2.21. The number of carbonyl (C=O) groups is 1. The summed E-state index contributed by atoms with van der Waals surface area (Å²) in [5.41, 5.74) is 0. The molecular formula is C12H25NO3. The lowest BCUT2D eigenvalue weighted by Crippen LogP contribution is -2.40. The third-order valence-electron chi connectivity index (χ3n) is 2.78. The van der Waals surface area contributed by atoms with Crippen LogP contribution in [0.5, 0.6) is 0 Å². The second kappa shape index (κ2) is 8.53. The van der Waals surface area contributed by atoms with Crippen LogP contribution in [0.2, 0.25) is 0 Å². The van der Waals surface area contributed by atoms with Crippen LogP contribution in [0.25, 0.3) is 0 Å². The Morgan fingerprint density at radius 2 is 1.94 bits per heavy atom. The Morgan fingerprint density at radius 3 is 2.31 bits per heavy atom. The van der Waals surface area contributed by atoms with Gasteiger partial charge in [0.1, 0.15) is 0 Å². The maximum atomic E-state index is 10.9. The molecule has 4 heteroatoms. The second-order valence-corrected chi connectivity index (χ2v) is 4.15. The highest BCUT2D eigenvalue weighted by molar-refractivity contribution is 5.72. The molecule has 0 amide bonds. The fourth-order valence-corrected chi connectivity index (χ4v) is 1.54. The normalized spacial score (nSPS) is 15.1. The first-order valence-electron chi connectivity index (χ1n) is 6.11. The third kappa shape index (κ3) is 6.08. The second-order valence-electron chi connectivity index (χ2n) is 4.15. The van der Waals surface area contributed by atoms with Crippen LogP contribution >= 0.6 is 0 Å². The Morgan fingerprint density at radius 1 is 1.31 bits per heavy atom. The first kappa shape index (κ1) is 15.4. The van der Waals surface area contributed by atoms with Gasteiger partial charge in [-0.25, -0.2) is 4.79 Å². The minimum atomic E-state index is -0.871. The van der Waals surface area contributed by atoms with Gasteiger partial charge in [-0.05, 0) is 19.4 Å². The van der Waals surface area contributed by atoms with Gasteiger partial charge in [-0.1, -0.05) is 27.2 Å². The zero-order valence-corrected chi connectivity index (χ0v) is 10.9. The van der Waals surface area contributed by atoms with Gasteiger partial charge in [-0.15, -0.1) is 0 Å². The number of rotatable bonds is 9. The standard InChI is InChI=1S/C12H25NO3/c1-5-10(4)8-13(6-2)9-11(12(14)15)16-7-3/h10-11H,5-9H2,1-4H3,(H,14,15). The topological polar surface area (TPSA) is 49.8 Å². The zero-order valence-electron chi connectivity index (χ0n) is 10.9. The van der Waals surface area contributed by atoms with Crippen molar-refractivity contribution in [1.82, 2.24) is 4.90 Å². The number of ether oxygens (including phenoxy) is 1. The predicted octanol–water partition coefficient (Wildman–Crippen LogP) is 1.84. The van der Waals surface area contributed by atoms with Gasteiger partial charge in [0.15, 0.2) is 6.10 Å². The summed E-state index contributed by atoms with van der Waals surface area (Å²) in [7, 11) is 0. The molecule has 0 fully saturated rings. The first-order chi connectivity index (χ1) is 7.54. The number of likely N-dealkylation sites (N-methyl/N-ethyl adjacent to an activating group) is 1. The molecule has 0 saturated heterocycles. The van der Waals surface area contributed by atoms with Gasteiger partial charge in [-0.2, -0.15) is 0 Å². The minimum absolute atomic E-state index is 0.442. The van der Waals surface area contributed by atoms with Crippen molar-refractivity contribution in [1.29, 1.82) is 0 Å². The molecule has 0 spiro atoms. The predicted molar refractivity (Wildman–Crippen MR) is 64.6 cm³/mol. The van der Waals surface area contributed by atoms with Crippen molar-refractivity contribution in [3.05, 3.63) is 0 Å². The van der Waals surface area contributed by atoms with Crippen molar-refractivity contribution in [2.24, 2.45) is 5.92 Å². The summed E-state index contributed by atoms with van der Waals surface area (Å²) in [6, 6.07) is 0. The molecule has 0 bridgehead atoms. The minimum Gasteiger partial charge on any atom is -0.479 e. The van der Waals surface area contributed by atoms with E-state index in [4.69, 9.17) is 9.84 Å². The number of carboxylic acid groups (broad SMARTS) is 1. The van der Waals surface area contributed by atoms with Crippen LogP contribution in [-0.2, 0) is 9.53 Å². The highest BCUT2D eigenvalue weighted by Crippen LogP contribution is 2.06. The summed E-state index contributed by atoms with van der Waals surface area (Å²) in [4.78, 5) is 13.1. The first-order valence-corrected chi connectivity index (χ1v) is 6.11. The summed E-state index contributed by atoms with van der Waals surface area (Å²) in [5.74, 6) is -0.277. The van der Waals surface area contributed by atoms with Crippen LogP contribution < -0.4 is 0 Å². The Labute approximate surface area is 98.6 Å². The molecule has 0 rings (SSSR count). The Balaban J connectivity index is 4.20. The van der Waals surface area contributed by atoms with Crippen molar-refractivity contribution in [3.8, 4) is 0 Å². The van der Waals surface area contributed by atoms with E-state index in [0.717, 1.165) is 19.5 Å². The molecule has 0 aliphatic carbocycles. The van der Waals surface area contributed by atoms with E-state index < -0.39 is 12.1 Å². The Bertz CT molecular complexity index is 197. The molecule has 96 valence electrons. The van der Waals surface area contributed by atoms with Gasteiger partial charge in [0.05, 0.1) is 0 Å². The number of aliphatic carboxylic acids is 1. The fraction of sp³-hybridized carbons (Fsp3) is 0.917. The summed E-state index contributed by atoms with van der Waals surface area (Å²) < 4.78 is 5.21. The number of nitrogens with zero attached hydrogens (tertiary/aromatic N) is 1. The van der Waals surface area contributed by atoms with E-state index >= 15 is 0 Å². The number of hydrogen-bond acceptors (Lipinski definition) is 3. The molecule has 1 N–H and O–H groups in total. The molecule has 2 atom stereocenters. The summed E-state index contributed by atoms with van der Waals surface area (Å²) in [5, 5.41) is 8.99. The maximum absolute atomic E-state index is 10.9. The largest absolute Gasteiger partial charge is 0.479 e. The van der Waals surface area contributed by atoms with E-state index in [1.165, 1.54) is 0 Å². The molecule has 0 aromatic carbocycles. The quantitative estimate of drug-likeness (QED) is 0.658. The average molecular weight is 231 g/mol. The Hall–Kier alpha value is -0.610. The van der Waals surface area contributed by atoms with E-state index in [1.54, 1.807) is 0 Å².